The topological polar surface area (TPSA) is 20.3 Å². The van der Waals surface area contributed by atoms with Crippen LogP contribution in [0.2, 0.25) is 6.32 Å². The monoisotopic (exact) mass is 151 g/mol. The molecular weight excluding hydrogens is 137 g/mol. The highest BCUT2D eigenvalue weighted by Crippen LogP contribution is 2.28. The first kappa shape index (κ1) is 8.63. The van der Waals surface area contributed by atoms with Crippen LogP contribution in [-0.2, 0) is 4.79 Å². The molecule has 0 N–H and O–H groups in total. The average Bonchev–Trinajstić information content (AvgIpc) is 2.29. The van der Waals surface area contributed by atoms with E-state index in [1.807, 2.05) is 4.90 Å². The van der Waals surface area contributed by atoms with Gasteiger partial charge in [0.15, 0.2) is 0 Å². The highest BCUT2D eigenvalue weighted by molar-refractivity contribution is 6.19. The molecule has 0 aromatic heterocycles. The standard InChI is InChI=1S/C8H14BNO/c1-8(2)3-4-10(6-8)7(11)5-9/h3-6H2,1-2H3. The van der Waals surface area contributed by atoms with E-state index in [4.69, 9.17) is 7.85 Å². The van der Waals surface area contributed by atoms with Crippen LogP contribution >= 0.6 is 0 Å². The first-order valence-electron chi connectivity index (χ1n) is 4.03. The Labute approximate surface area is 69.4 Å². The molecule has 1 heterocycles. The third kappa shape index (κ3) is 1.98. The Balaban J connectivity index is 2.48. The van der Waals surface area contributed by atoms with Crippen LogP contribution in [0.15, 0.2) is 0 Å². The molecule has 0 atom stereocenters. The van der Waals surface area contributed by atoms with Crippen molar-refractivity contribution in [2.75, 3.05) is 13.1 Å². The van der Waals surface area contributed by atoms with Crippen LogP contribution in [0, 0.1) is 5.41 Å². The normalized spacial score (nSPS) is 22.2. The van der Waals surface area contributed by atoms with Crippen molar-refractivity contribution in [1.29, 1.82) is 0 Å². The summed E-state index contributed by atoms with van der Waals surface area (Å²) in [4.78, 5) is 13.0. The zero-order valence-corrected chi connectivity index (χ0v) is 7.26. The maximum Gasteiger partial charge on any atom is 0.213 e. The summed E-state index contributed by atoms with van der Waals surface area (Å²) in [6, 6.07) is 0. The second-order valence-corrected chi connectivity index (χ2v) is 3.93. The number of hydrogen-bond acceptors (Lipinski definition) is 1. The lowest BCUT2D eigenvalue weighted by atomic mass is 9.93. The summed E-state index contributed by atoms with van der Waals surface area (Å²) in [5.41, 5.74) is 0.296. The van der Waals surface area contributed by atoms with Crippen LogP contribution in [-0.4, -0.2) is 31.7 Å². The second kappa shape index (κ2) is 2.88. The molecule has 1 rings (SSSR count). The highest BCUT2D eigenvalue weighted by atomic mass is 16.2. The molecule has 0 aromatic carbocycles. The minimum Gasteiger partial charge on any atom is -0.343 e. The molecule has 11 heavy (non-hydrogen) atoms. The maximum absolute atomic E-state index is 11.1. The molecule has 1 aliphatic heterocycles. The van der Waals surface area contributed by atoms with E-state index in [0.29, 0.717) is 5.41 Å². The minimum atomic E-state index is 0.0792. The van der Waals surface area contributed by atoms with Gasteiger partial charge in [0.05, 0.1) is 7.85 Å². The molecule has 1 fully saturated rings. The van der Waals surface area contributed by atoms with Gasteiger partial charge in [0.2, 0.25) is 5.91 Å². The Morgan fingerprint density at radius 2 is 2.27 bits per heavy atom. The number of likely N-dealkylation sites (tertiary alicyclic amines) is 1. The van der Waals surface area contributed by atoms with Gasteiger partial charge in [0.25, 0.3) is 0 Å². The van der Waals surface area contributed by atoms with Crippen LogP contribution in [0.25, 0.3) is 0 Å². The van der Waals surface area contributed by atoms with Gasteiger partial charge in [-0.05, 0) is 18.2 Å². The summed E-state index contributed by atoms with van der Waals surface area (Å²) in [7, 11) is 5.25. The lowest BCUT2D eigenvalue weighted by molar-refractivity contribution is -0.128. The number of carbonyl (C=O) groups excluding carboxylic acids is 1. The average molecular weight is 151 g/mol. The summed E-state index contributed by atoms with van der Waals surface area (Å²) in [5.74, 6) is 0.0792. The van der Waals surface area contributed by atoms with Crippen molar-refractivity contribution in [3.63, 3.8) is 0 Å². The third-order valence-corrected chi connectivity index (χ3v) is 2.20. The summed E-state index contributed by atoms with van der Waals surface area (Å²) in [6.07, 6.45) is 1.24. The van der Waals surface area contributed by atoms with Crippen molar-refractivity contribution in [1.82, 2.24) is 4.90 Å². The first-order chi connectivity index (χ1) is 5.05. The van der Waals surface area contributed by atoms with E-state index in [2.05, 4.69) is 13.8 Å². The molecule has 0 aromatic rings. The Bertz CT molecular complexity index is 167. The molecular formula is C8H14BNO. The fourth-order valence-electron chi connectivity index (χ4n) is 1.45. The SMILES string of the molecule is [B]CC(=O)N1CCC(C)(C)C1. The molecule has 1 saturated heterocycles. The molecule has 1 amide bonds. The number of nitrogens with zero attached hydrogens (tertiary/aromatic N) is 1. The molecule has 0 unspecified atom stereocenters. The Morgan fingerprint density at radius 3 is 2.64 bits per heavy atom. The number of hydrogen-bond donors (Lipinski definition) is 0. The third-order valence-electron chi connectivity index (χ3n) is 2.20. The molecule has 2 nitrogen and oxygen atoms in total. The van der Waals surface area contributed by atoms with Gasteiger partial charge in [0.1, 0.15) is 0 Å². The van der Waals surface area contributed by atoms with E-state index < -0.39 is 0 Å². The number of amides is 1. The molecule has 3 heteroatoms. The summed E-state index contributed by atoms with van der Waals surface area (Å²) in [6.45, 7) is 6.10. The number of rotatable bonds is 1. The van der Waals surface area contributed by atoms with E-state index in [1.165, 1.54) is 0 Å². The van der Waals surface area contributed by atoms with E-state index >= 15 is 0 Å². The Morgan fingerprint density at radius 1 is 1.64 bits per heavy atom. The zero-order valence-electron chi connectivity index (χ0n) is 7.26. The lowest BCUT2D eigenvalue weighted by Crippen LogP contribution is -2.29. The predicted molar refractivity (Wildman–Crippen MR) is 45.5 cm³/mol. The Kier molecular flexibility index (Phi) is 2.26. The van der Waals surface area contributed by atoms with E-state index in [1.54, 1.807) is 0 Å². The molecule has 1 aliphatic rings. The van der Waals surface area contributed by atoms with E-state index in [9.17, 15) is 4.79 Å². The first-order valence-corrected chi connectivity index (χ1v) is 4.03. The second-order valence-electron chi connectivity index (χ2n) is 3.93. The fourth-order valence-corrected chi connectivity index (χ4v) is 1.45. The minimum absolute atomic E-state index is 0.0792. The van der Waals surface area contributed by atoms with Gasteiger partial charge in [-0.3, -0.25) is 4.79 Å². The molecule has 0 spiro atoms. The van der Waals surface area contributed by atoms with Crippen LogP contribution in [0.3, 0.4) is 0 Å². The van der Waals surface area contributed by atoms with Crippen molar-refractivity contribution in [2.45, 2.75) is 26.6 Å². The molecule has 0 saturated carbocycles. The molecule has 60 valence electrons. The maximum atomic E-state index is 11.1. The van der Waals surface area contributed by atoms with Crippen LogP contribution in [0.4, 0.5) is 0 Å². The van der Waals surface area contributed by atoms with Crippen molar-refractivity contribution in [3.8, 4) is 0 Å². The van der Waals surface area contributed by atoms with Gasteiger partial charge in [-0.25, -0.2) is 0 Å². The summed E-state index contributed by atoms with van der Waals surface area (Å²) >= 11 is 0. The summed E-state index contributed by atoms with van der Waals surface area (Å²) < 4.78 is 0. The van der Waals surface area contributed by atoms with Gasteiger partial charge in [-0.15, -0.1) is 0 Å². The van der Waals surface area contributed by atoms with Gasteiger partial charge < -0.3 is 4.90 Å². The molecule has 0 aliphatic carbocycles. The van der Waals surface area contributed by atoms with Crippen molar-refractivity contribution in [2.24, 2.45) is 5.41 Å². The van der Waals surface area contributed by atoms with Gasteiger partial charge in [-0.2, -0.15) is 0 Å². The molecule has 2 radical (unpaired) electrons. The van der Waals surface area contributed by atoms with Crippen molar-refractivity contribution >= 4 is 13.8 Å². The van der Waals surface area contributed by atoms with Gasteiger partial charge in [0, 0.05) is 13.1 Å². The molecule has 0 bridgehead atoms. The van der Waals surface area contributed by atoms with Crippen LogP contribution < -0.4 is 0 Å². The summed E-state index contributed by atoms with van der Waals surface area (Å²) in [5, 5.41) is 0. The van der Waals surface area contributed by atoms with Gasteiger partial charge in [-0.1, -0.05) is 13.8 Å². The quantitative estimate of drug-likeness (QED) is 0.508. The zero-order chi connectivity index (χ0) is 8.48. The fraction of sp³-hybridized carbons (Fsp3) is 0.875. The Hall–Kier alpha value is -0.465. The highest BCUT2D eigenvalue weighted by Gasteiger charge is 2.30. The largest absolute Gasteiger partial charge is 0.343 e. The van der Waals surface area contributed by atoms with Gasteiger partial charge >= 0.3 is 0 Å². The predicted octanol–water partition coefficient (Wildman–Crippen LogP) is 0.832. The number of carbonyl (C=O) groups is 1. The smallest absolute Gasteiger partial charge is 0.213 e. The van der Waals surface area contributed by atoms with Crippen LogP contribution in [0.5, 0.6) is 0 Å². The van der Waals surface area contributed by atoms with E-state index in [-0.39, 0.29) is 12.2 Å². The van der Waals surface area contributed by atoms with Crippen molar-refractivity contribution in [3.05, 3.63) is 0 Å². The lowest BCUT2D eigenvalue weighted by Gasteiger charge is -2.19. The van der Waals surface area contributed by atoms with Crippen LogP contribution in [0.1, 0.15) is 20.3 Å². The van der Waals surface area contributed by atoms with Crippen molar-refractivity contribution < 1.29 is 4.79 Å². The van der Waals surface area contributed by atoms with E-state index in [0.717, 1.165) is 19.5 Å².